The minimum atomic E-state index is -0.128. The van der Waals surface area contributed by atoms with E-state index in [1.807, 2.05) is 0 Å². The van der Waals surface area contributed by atoms with E-state index < -0.39 is 0 Å². The van der Waals surface area contributed by atoms with Crippen molar-refractivity contribution in [2.24, 2.45) is 0 Å². The number of aliphatic hydroxyl groups is 1. The topological polar surface area (TPSA) is 41.5 Å². The van der Waals surface area contributed by atoms with E-state index in [0.717, 1.165) is 32.6 Å². The molecule has 0 aliphatic carbocycles. The molecule has 10 heavy (non-hydrogen) atoms. The molecule has 2 heterocycles. The Balaban J connectivity index is 1.99. The Morgan fingerprint density at radius 3 is 2.40 bits per heavy atom. The fourth-order valence-corrected chi connectivity index (χ4v) is 1.73. The second kappa shape index (κ2) is 2.19. The van der Waals surface area contributed by atoms with Crippen LogP contribution in [0.4, 0.5) is 0 Å². The van der Waals surface area contributed by atoms with E-state index in [0.29, 0.717) is 0 Å². The lowest BCUT2D eigenvalue weighted by Crippen LogP contribution is -2.70. The lowest BCUT2D eigenvalue weighted by molar-refractivity contribution is -0.0778. The zero-order valence-electron chi connectivity index (χ0n) is 5.97. The monoisotopic (exact) mass is 143 g/mol. The number of aliphatic hydroxyl groups excluding tert-OH is 1. The summed E-state index contributed by atoms with van der Waals surface area (Å²) in [5, 5.41) is 12.7. The first-order chi connectivity index (χ1) is 4.83. The zero-order chi connectivity index (χ0) is 7.03. The summed E-state index contributed by atoms with van der Waals surface area (Å²) in [7, 11) is 0. The molecule has 2 fully saturated rings. The second-order valence-corrected chi connectivity index (χ2v) is 3.17. The summed E-state index contributed by atoms with van der Waals surface area (Å²) >= 11 is 0. The SMILES string of the molecule is OC1CNC12CCOCC2. The Bertz CT molecular complexity index is 132. The summed E-state index contributed by atoms with van der Waals surface area (Å²) in [6, 6.07) is 0. The molecule has 1 unspecified atom stereocenters. The molecule has 2 saturated heterocycles. The second-order valence-electron chi connectivity index (χ2n) is 3.17. The van der Waals surface area contributed by atoms with Gasteiger partial charge in [-0.3, -0.25) is 0 Å². The van der Waals surface area contributed by atoms with Gasteiger partial charge in [0.15, 0.2) is 0 Å². The zero-order valence-corrected chi connectivity index (χ0v) is 5.97. The fourth-order valence-electron chi connectivity index (χ4n) is 1.73. The third kappa shape index (κ3) is 0.779. The normalized spacial score (nSPS) is 37.5. The molecule has 3 nitrogen and oxygen atoms in total. The first-order valence-electron chi connectivity index (χ1n) is 3.84. The molecule has 2 rings (SSSR count). The van der Waals surface area contributed by atoms with Crippen molar-refractivity contribution in [3.8, 4) is 0 Å². The van der Waals surface area contributed by atoms with Crippen molar-refractivity contribution >= 4 is 0 Å². The van der Waals surface area contributed by atoms with E-state index in [9.17, 15) is 5.11 Å². The van der Waals surface area contributed by atoms with Gasteiger partial charge in [0.05, 0.1) is 6.10 Å². The van der Waals surface area contributed by atoms with Crippen molar-refractivity contribution in [3.63, 3.8) is 0 Å². The molecule has 2 aliphatic heterocycles. The summed E-state index contributed by atoms with van der Waals surface area (Å²) in [5.74, 6) is 0. The minimum Gasteiger partial charge on any atom is -0.390 e. The number of rotatable bonds is 0. The predicted molar refractivity (Wildman–Crippen MR) is 36.8 cm³/mol. The summed E-state index contributed by atoms with van der Waals surface area (Å²) in [4.78, 5) is 0. The van der Waals surface area contributed by atoms with E-state index >= 15 is 0 Å². The highest BCUT2D eigenvalue weighted by Crippen LogP contribution is 2.30. The van der Waals surface area contributed by atoms with Gasteiger partial charge < -0.3 is 15.2 Å². The van der Waals surface area contributed by atoms with E-state index in [1.54, 1.807) is 0 Å². The fraction of sp³-hybridized carbons (Fsp3) is 1.00. The molecule has 1 spiro atoms. The highest BCUT2D eigenvalue weighted by molar-refractivity contribution is 5.05. The highest BCUT2D eigenvalue weighted by atomic mass is 16.5. The molecule has 0 aromatic carbocycles. The average molecular weight is 143 g/mol. The van der Waals surface area contributed by atoms with E-state index in [4.69, 9.17) is 4.74 Å². The van der Waals surface area contributed by atoms with Crippen LogP contribution < -0.4 is 5.32 Å². The number of β-amino-alcohol motifs (C(OH)–C–C–N with tert-alkyl or cyclic N) is 1. The van der Waals surface area contributed by atoms with Gasteiger partial charge >= 0.3 is 0 Å². The van der Waals surface area contributed by atoms with Gasteiger partial charge in [-0.05, 0) is 12.8 Å². The Morgan fingerprint density at radius 1 is 1.40 bits per heavy atom. The van der Waals surface area contributed by atoms with Crippen LogP contribution in [0.3, 0.4) is 0 Å². The van der Waals surface area contributed by atoms with Crippen molar-refractivity contribution in [2.45, 2.75) is 24.5 Å². The summed E-state index contributed by atoms with van der Waals surface area (Å²) in [6.07, 6.45) is 1.80. The third-order valence-corrected chi connectivity index (χ3v) is 2.67. The molecule has 0 amide bonds. The van der Waals surface area contributed by atoms with Crippen LogP contribution in [0.25, 0.3) is 0 Å². The van der Waals surface area contributed by atoms with Crippen LogP contribution in [-0.2, 0) is 4.74 Å². The molecule has 0 saturated carbocycles. The first kappa shape index (κ1) is 6.58. The van der Waals surface area contributed by atoms with Crippen molar-refractivity contribution < 1.29 is 9.84 Å². The Kier molecular flexibility index (Phi) is 1.44. The van der Waals surface area contributed by atoms with E-state index in [2.05, 4.69) is 5.32 Å². The van der Waals surface area contributed by atoms with Crippen LogP contribution in [0.5, 0.6) is 0 Å². The standard InChI is InChI=1S/C7H13NO2/c9-6-5-8-7(6)1-3-10-4-2-7/h6,8-9H,1-5H2. The molecular formula is C7H13NO2. The number of hydrogen-bond donors (Lipinski definition) is 2. The number of hydrogen-bond acceptors (Lipinski definition) is 3. The Morgan fingerprint density at radius 2 is 2.10 bits per heavy atom. The number of ether oxygens (including phenoxy) is 1. The molecule has 3 heteroatoms. The maximum atomic E-state index is 9.41. The predicted octanol–water partition coefficient (Wildman–Crippen LogP) is -0.500. The largest absolute Gasteiger partial charge is 0.390 e. The highest BCUT2D eigenvalue weighted by Gasteiger charge is 2.46. The Labute approximate surface area is 60.4 Å². The quantitative estimate of drug-likeness (QED) is 0.480. The molecule has 2 N–H and O–H groups in total. The minimum absolute atomic E-state index is 0.0399. The molecule has 0 aromatic rings. The first-order valence-corrected chi connectivity index (χ1v) is 3.84. The van der Waals surface area contributed by atoms with Crippen molar-refractivity contribution in [1.29, 1.82) is 0 Å². The van der Waals surface area contributed by atoms with Gasteiger partial charge in [0.2, 0.25) is 0 Å². The molecular weight excluding hydrogens is 130 g/mol. The molecule has 2 aliphatic rings. The molecule has 0 radical (unpaired) electrons. The maximum absolute atomic E-state index is 9.41. The smallest absolute Gasteiger partial charge is 0.0847 e. The van der Waals surface area contributed by atoms with Crippen LogP contribution in [0.15, 0.2) is 0 Å². The van der Waals surface area contributed by atoms with Crippen molar-refractivity contribution in [1.82, 2.24) is 5.32 Å². The van der Waals surface area contributed by atoms with Crippen molar-refractivity contribution in [3.05, 3.63) is 0 Å². The van der Waals surface area contributed by atoms with E-state index in [1.165, 1.54) is 0 Å². The van der Waals surface area contributed by atoms with Gasteiger partial charge in [0, 0.05) is 25.3 Å². The summed E-state index contributed by atoms with van der Waals surface area (Å²) in [6.45, 7) is 2.36. The van der Waals surface area contributed by atoms with Crippen LogP contribution in [-0.4, -0.2) is 36.5 Å². The van der Waals surface area contributed by atoms with Gasteiger partial charge in [0.25, 0.3) is 0 Å². The van der Waals surface area contributed by atoms with Crippen LogP contribution >= 0.6 is 0 Å². The van der Waals surface area contributed by atoms with E-state index in [-0.39, 0.29) is 11.6 Å². The van der Waals surface area contributed by atoms with Gasteiger partial charge in [-0.25, -0.2) is 0 Å². The van der Waals surface area contributed by atoms with Gasteiger partial charge in [-0.2, -0.15) is 0 Å². The van der Waals surface area contributed by atoms with Gasteiger partial charge in [0.1, 0.15) is 0 Å². The third-order valence-electron chi connectivity index (χ3n) is 2.67. The van der Waals surface area contributed by atoms with Crippen LogP contribution in [0.2, 0.25) is 0 Å². The summed E-state index contributed by atoms with van der Waals surface area (Å²) < 4.78 is 5.20. The van der Waals surface area contributed by atoms with Crippen LogP contribution in [0.1, 0.15) is 12.8 Å². The molecule has 0 bridgehead atoms. The molecule has 58 valence electrons. The maximum Gasteiger partial charge on any atom is 0.0847 e. The van der Waals surface area contributed by atoms with Gasteiger partial charge in [-0.15, -0.1) is 0 Å². The lowest BCUT2D eigenvalue weighted by atomic mass is 9.78. The average Bonchev–Trinajstić information content (AvgIpc) is 2.04. The van der Waals surface area contributed by atoms with Crippen LogP contribution in [0, 0.1) is 0 Å². The summed E-state index contributed by atoms with van der Waals surface area (Å²) in [5.41, 5.74) is 0.0399. The number of nitrogens with one attached hydrogen (secondary N) is 1. The van der Waals surface area contributed by atoms with Gasteiger partial charge in [-0.1, -0.05) is 0 Å². The van der Waals surface area contributed by atoms with Crippen molar-refractivity contribution in [2.75, 3.05) is 19.8 Å². The molecule has 1 atom stereocenters. The Hall–Kier alpha value is -0.120. The molecule has 0 aromatic heterocycles. The lowest BCUT2D eigenvalue weighted by Gasteiger charge is -2.50.